The predicted octanol–water partition coefficient (Wildman–Crippen LogP) is 1.76. The topological polar surface area (TPSA) is 170 Å². The second-order valence-corrected chi connectivity index (χ2v) is 9.85. The maximum atomic E-state index is 13.7. The van der Waals surface area contributed by atoms with Crippen LogP contribution in [0.2, 0.25) is 0 Å². The lowest BCUT2D eigenvalue weighted by Crippen LogP contribution is -2.49. The Balaban J connectivity index is 1.31. The third-order valence-corrected chi connectivity index (χ3v) is 7.28. The standard InChI is InChI=1S/C27H29N7O7/c1-2-28-27(38)32-22-18-23(30-13-29-22)34(14-31-18)25-21-19(39-17(40-21)11-10-15-7-4-3-5-8-15)20(41-25)24(35)33-12-6-9-16(33)26(36)37/h3-5,7-8,10-11,13-14,16-17,19-21,25H,2,6,9,12H2,1H3,(H,36,37)(H2,28,29,30,32,38)/b11-10+/t16-,17+,19?,20?,21?,25?/m1/s1. The fourth-order valence-electron chi connectivity index (χ4n) is 5.43. The second-order valence-electron chi connectivity index (χ2n) is 9.85. The highest BCUT2D eigenvalue weighted by molar-refractivity contribution is 5.95. The molecule has 0 spiro atoms. The highest BCUT2D eigenvalue weighted by Crippen LogP contribution is 2.42. The minimum atomic E-state index is -1.12. The van der Waals surface area contributed by atoms with Gasteiger partial charge in [-0.2, -0.15) is 0 Å². The third kappa shape index (κ3) is 5.12. The first-order chi connectivity index (χ1) is 19.9. The number of nitrogens with zero attached hydrogens (tertiary/aromatic N) is 5. The predicted molar refractivity (Wildman–Crippen MR) is 143 cm³/mol. The number of carboxylic acid groups (broad SMARTS) is 1. The van der Waals surface area contributed by atoms with E-state index in [1.807, 2.05) is 36.4 Å². The Hall–Kier alpha value is -4.40. The maximum absolute atomic E-state index is 13.7. The molecule has 3 amide bonds. The van der Waals surface area contributed by atoms with Crippen molar-refractivity contribution in [2.24, 2.45) is 0 Å². The van der Waals surface area contributed by atoms with Gasteiger partial charge in [-0.05, 0) is 31.4 Å². The summed E-state index contributed by atoms with van der Waals surface area (Å²) < 4.78 is 20.3. The molecule has 3 aliphatic rings. The minimum absolute atomic E-state index is 0.204. The number of ether oxygens (including phenoxy) is 3. The fourth-order valence-corrected chi connectivity index (χ4v) is 5.43. The van der Waals surface area contributed by atoms with E-state index in [0.717, 1.165) is 5.56 Å². The van der Waals surface area contributed by atoms with E-state index in [-0.39, 0.29) is 5.82 Å². The van der Waals surface area contributed by atoms with Crippen molar-refractivity contribution in [3.05, 3.63) is 54.6 Å². The smallest absolute Gasteiger partial charge is 0.326 e. The molecule has 3 saturated heterocycles. The molecule has 41 heavy (non-hydrogen) atoms. The quantitative estimate of drug-likeness (QED) is 0.385. The van der Waals surface area contributed by atoms with Crippen molar-refractivity contribution in [3.8, 4) is 0 Å². The van der Waals surface area contributed by atoms with Gasteiger partial charge in [-0.1, -0.05) is 36.4 Å². The van der Waals surface area contributed by atoms with Crippen molar-refractivity contribution >= 4 is 41.0 Å². The molecule has 214 valence electrons. The van der Waals surface area contributed by atoms with Crippen LogP contribution in [0, 0.1) is 0 Å². The number of fused-ring (bicyclic) bond motifs is 2. The normalized spacial score (nSPS) is 27.4. The monoisotopic (exact) mass is 563 g/mol. The molecule has 3 fully saturated rings. The first kappa shape index (κ1) is 26.8. The molecule has 14 heteroatoms. The number of anilines is 1. The lowest BCUT2D eigenvalue weighted by molar-refractivity contribution is -0.165. The largest absolute Gasteiger partial charge is 0.480 e. The first-order valence-electron chi connectivity index (χ1n) is 13.4. The molecule has 3 aromatic rings. The van der Waals surface area contributed by atoms with E-state index in [4.69, 9.17) is 14.2 Å². The van der Waals surface area contributed by atoms with Gasteiger partial charge in [0.2, 0.25) is 0 Å². The van der Waals surface area contributed by atoms with E-state index in [1.54, 1.807) is 17.6 Å². The number of carbonyl (C=O) groups is 3. The molecule has 0 bridgehead atoms. The second kappa shape index (κ2) is 11.2. The molecule has 6 atom stereocenters. The average Bonchev–Trinajstić information content (AvgIpc) is 3.76. The summed E-state index contributed by atoms with van der Waals surface area (Å²) in [6.45, 7) is 2.54. The fraction of sp³-hybridized carbons (Fsp3) is 0.407. The number of amides is 3. The summed E-state index contributed by atoms with van der Waals surface area (Å²) in [4.78, 5) is 51.8. The van der Waals surface area contributed by atoms with Gasteiger partial charge in [0, 0.05) is 13.1 Å². The molecule has 3 N–H and O–H groups in total. The van der Waals surface area contributed by atoms with Gasteiger partial charge in [0.05, 0.1) is 6.33 Å². The van der Waals surface area contributed by atoms with Crippen LogP contribution >= 0.6 is 0 Å². The lowest BCUT2D eigenvalue weighted by Gasteiger charge is -2.26. The van der Waals surface area contributed by atoms with Gasteiger partial charge < -0.3 is 29.5 Å². The summed E-state index contributed by atoms with van der Waals surface area (Å²) >= 11 is 0. The Kier molecular flexibility index (Phi) is 7.34. The average molecular weight is 564 g/mol. The Morgan fingerprint density at radius 1 is 1.10 bits per heavy atom. The number of carboxylic acids is 1. The van der Waals surface area contributed by atoms with Crippen LogP contribution in [0.3, 0.4) is 0 Å². The molecular formula is C27H29N7O7. The van der Waals surface area contributed by atoms with Gasteiger partial charge in [0.1, 0.15) is 24.6 Å². The molecular weight excluding hydrogens is 534 g/mol. The number of aliphatic carboxylic acids is 1. The Morgan fingerprint density at radius 2 is 1.90 bits per heavy atom. The van der Waals surface area contributed by atoms with Gasteiger partial charge in [-0.3, -0.25) is 14.7 Å². The highest BCUT2D eigenvalue weighted by Gasteiger charge is 2.57. The van der Waals surface area contributed by atoms with Crippen LogP contribution in [0.25, 0.3) is 17.2 Å². The van der Waals surface area contributed by atoms with Crippen LogP contribution in [0.1, 0.15) is 31.6 Å². The summed E-state index contributed by atoms with van der Waals surface area (Å²) in [5, 5.41) is 15.0. The number of hydrogen-bond donors (Lipinski definition) is 3. The highest BCUT2D eigenvalue weighted by atomic mass is 16.8. The molecule has 2 aromatic heterocycles. The molecule has 3 aliphatic heterocycles. The van der Waals surface area contributed by atoms with Crippen molar-refractivity contribution in [2.75, 3.05) is 18.4 Å². The van der Waals surface area contributed by atoms with Gasteiger partial charge in [0.25, 0.3) is 5.91 Å². The third-order valence-electron chi connectivity index (χ3n) is 7.28. The van der Waals surface area contributed by atoms with Crippen LogP contribution in [-0.4, -0.2) is 91.2 Å². The number of aromatic nitrogens is 4. The zero-order valence-corrected chi connectivity index (χ0v) is 22.1. The Labute approximate surface area is 234 Å². The van der Waals surface area contributed by atoms with Gasteiger partial charge in [0.15, 0.2) is 35.6 Å². The number of imidazole rings is 1. The minimum Gasteiger partial charge on any atom is -0.480 e. The van der Waals surface area contributed by atoms with E-state index >= 15 is 0 Å². The van der Waals surface area contributed by atoms with E-state index < -0.39 is 54.8 Å². The maximum Gasteiger partial charge on any atom is 0.326 e. The zero-order chi connectivity index (χ0) is 28.5. The Bertz CT molecular complexity index is 1480. The van der Waals surface area contributed by atoms with Gasteiger partial charge in [-0.25, -0.2) is 24.5 Å². The zero-order valence-electron chi connectivity index (χ0n) is 22.1. The number of benzene rings is 1. The van der Waals surface area contributed by atoms with E-state index in [2.05, 4.69) is 25.6 Å². The summed E-state index contributed by atoms with van der Waals surface area (Å²) in [6.07, 6.45) is 2.99. The number of carbonyl (C=O) groups excluding carboxylic acids is 2. The molecule has 14 nitrogen and oxygen atoms in total. The molecule has 4 unspecified atom stereocenters. The van der Waals surface area contributed by atoms with Crippen LogP contribution in [-0.2, 0) is 23.8 Å². The molecule has 0 radical (unpaired) electrons. The molecule has 0 aliphatic carbocycles. The molecule has 5 heterocycles. The van der Waals surface area contributed by atoms with Crippen molar-refractivity contribution in [3.63, 3.8) is 0 Å². The number of rotatable bonds is 7. The number of urea groups is 1. The Morgan fingerprint density at radius 3 is 2.68 bits per heavy atom. The summed E-state index contributed by atoms with van der Waals surface area (Å²) in [7, 11) is 0. The van der Waals surface area contributed by atoms with Crippen molar-refractivity contribution in [2.45, 2.75) is 56.6 Å². The SMILES string of the molecule is CCNC(=O)Nc1ncnc2c1ncn2C1OC(C(=O)N2CCC[C@@H]2C(=O)O)C2O[C@H](/C=C/c3ccccc3)OC21. The number of hydrogen-bond acceptors (Lipinski definition) is 9. The summed E-state index contributed by atoms with van der Waals surface area (Å²) in [6, 6.07) is 8.26. The van der Waals surface area contributed by atoms with Gasteiger partial charge >= 0.3 is 12.0 Å². The summed E-state index contributed by atoms with van der Waals surface area (Å²) in [5.41, 5.74) is 1.61. The van der Waals surface area contributed by atoms with Crippen molar-refractivity contribution < 1.29 is 33.7 Å². The molecule has 1 aromatic carbocycles. The molecule has 6 rings (SSSR count). The van der Waals surface area contributed by atoms with E-state index in [9.17, 15) is 19.5 Å². The van der Waals surface area contributed by atoms with Gasteiger partial charge in [-0.15, -0.1) is 0 Å². The van der Waals surface area contributed by atoms with Crippen molar-refractivity contribution in [1.29, 1.82) is 0 Å². The van der Waals surface area contributed by atoms with Crippen LogP contribution in [0.5, 0.6) is 0 Å². The number of likely N-dealkylation sites (tertiary alicyclic amines) is 1. The van der Waals surface area contributed by atoms with E-state index in [1.165, 1.54) is 17.6 Å². The van der Waals surface area contributed by atoms with Crippen LogP contribution < -0.4 is 10.6 Å². The molecule has 0 saturated carbocycles. The lowest BCUT2D eigenvalue weighted by atomic mass is 10.1. The van der Waals surface area contributed by atoms with E-state index in [0.29, 0.717) is 37.1 Å². The number of nitrogens with one attached hydrogen (secondary N) is 2. The van der Waals surface area contributed by atoms with Crippen LogP contribution in [0.4, 0.5) is 10.6 Å². The van der Waals surface area contributed by atoms with Crippen molar-refractivity contribution in [1.82, 2.24) is 29.7 Å². The first-order valence-corrected chi connectivity index (χ1v) is 13.4. The van der Waals surface area contributed by atoms with Crippen LogP contribution in [0.15, 0.2) is 49.1 Å². The summed E-state index contributed by atoms with van der Waals surface area (Å²) in [5.74, 6) is -1.32.